The zero-order valence-corrected chi connectivity index (χ0v) is 14.2. The fourth-order valence-electron chi connectivity index (χ4n) is 1.75. The van der Waals surface area contributed by atoms with Gasteiger partial charge in [0.1, 0.15) is 5.75 Å². The third-order valence-corrected chi connectivity index (χ3v) is 4.50. The van der Waals surface area contributed by atoms with Gasteiger partial charge in [-0.15, -0.1) is 11.8 Å². The summed E-state index contributed by atoms with van der Waals surface area (Å²) in [6.45, 7) is 1.89. The Labute approximate surface area is 137 Å². The van der Waals surface area contributed by atoms with Gasteiger partial charge in [0.2, 0.25) is 5.91 Å². The van der Waals surface area contributed by atoms with Crippen LogP contribution in [0.2, 0.25) is 0 Å². The van der Waals surface area contributed by atoms with Gasteiger partial charge >= 0.3 is 0 Å². The van der Waals surface area contributed by atoms with E-state index in [0.717, 1.165) is 9.37 Å². The molecule has 2 aromatic carbocycles. The summed E-state index contributed by atoms with van der Waals surface area (Å²) in [5.74, 6) is 0.610. The first-order valence-corrected chi connectivity index (χ1v) is 8.13. The van der Waals surface area contributed by atoms with Crippen LogP contribution in [0.25, 0.3) is 0 Å². The minimum Gasteiger partial charge on any atom is -0.495 e. The average Bonchev–Trinajstić information content (AvgIpc) is 2.50. The number of carbonyl (C=O) groups excluding carboxylic acids is 1. The molecule has 0 aliphatic rings. The number of hydrogen-bond donors (Lipinski definition) is 1. The Bertz CT molecular complexity index is 616. The minimum atomic E-state index is -0.198. The summed E-state index contributed by atoms with van der Waals surface area (Å²) < 4.78 is 6.26. The first kappa shape index (κ1) is 15.9. The molecule has 0 aromatic heterocycles. The Balaban J connectivity index is 2.01. The fraction of sp³-hybridized carbons (Fsp3) is 0.188. The fourth-order valence-corrected chi connectivity index (χ4v) is 2.88. The number of hydrogen-bond acceptors (Lipinski definition) is 3. The molecule has 2 rings (SSSR count). The van der Waals surface area contributed by atoms with E-state index in [1.54, 1.807) is 7.11 Å². The van der Waals surface area contributed by atoms with E-state index in [9.17, 15) is 4.79 Å². The number of halogens is 1. The third-order valence-electron chi connectivity index (χ3n) is 2.86. The van der Waals surface area contributed by atoms with Crippen LogP contribution in [0.5, 0.6) is 5.75 Å². The summed E-state index contributed by atoms with van der Waals surface area (Å²) in [5.41, 5.74) is 0.688. The van der Waals surface area contributed by atoms with Crippen molar-refractivity contribution in [3.05, 3.63) is 53.0 Å². The maximum Gasteiger partial charge on any atom is 0.237 e. The van der Waals surface area contributed by atoms with E-state index in [1.807, 2.05) is 55.5 Å². The Hall–Kier alpha value is -1.46. The van der Waals surface area contributed by atoms with Crippen LogP contribution < -0.4 is 10.1 Å². The number of rotatable bonds is 5. The van der Waals surface area contributed by atoms with E-state index in [2.05, 4.69) is 21.2 Å². The van der Waals surface area contributed by atoms with Gasteiger partial charge in [0, 0.05) is 9.37 Å². The van der Waals surface area contributed by atoms with Gasteiger partial charge in [-0.1, -0.05) is 28.1 Å². The molecule has 0 bridgehead atoms. The number of nitrogens with one attached hydrogen (secondary N) is 1. The molecule has 0 aliphatic carbocycles. The lowest BCUT2D eigenvalue weighted by Gasteiger charge is -2.14. The van der Waals surface area contributed by atoms with Crippen LogP contribution >= 0.6 is 27.7 Å². The summed E-state index contributed by atoms with van der Waals surface area (Å²) in [4.78, 5) is 13.3. The van der Waals surface area contributed by atoms with Crippen LogP contribution in [0.1, 0.15) is 6.92 Å². The predicted octanol–water partition coefficient (Wildman–Crippen LogP) is 4.58. The quantitative estimate of drug-likeness (QED) is 0.788. The SMILES string of the molecule is COc1ccccc1NC(=O)[C@@H](C)Sc1ccc(Br)cc1. The third kappa shape index (κ3) is 4.51. The Morgan fingerprint density at radius 2 is 1.86 bits per heavy atom. The van der Waals surface area contributed by atoms with E-state index in [4.69, 9.17) is 4.74 Å². The molecule has 0 spiro atoms. The van der Waals surface area contributed by atoms with Gasteiger partial charge in [-0.05, 0) is 43.3 Å². The molecule has 0 aliphatic heterocycles. The lowest BCUT2D eigenvalue weighted by molar-refractivity contribution is -0.115. The number of benzene rings is 2. The lowest BCUT2D eigenvalue weighted by Crippen LogP contribution is -2.22. The van der Waals surface area contributed by atoms with Gasteiger partial charge in [0.25, 0.3) is 0 Å². The lowest BCUT2D eigenvalue weighted by atomic mass is 10.3. The van der Waals surface area contributed by atoms with E-state index >= 15 is 0 Å². The maximum absolute atomic E-state index is 12.3. The molecule has 0 unspecified atom stereocenters. The Morgan fingerprint density at radius 3 is 2.52 bits per heavy atom. The van der Waals surface area contributed by atoms with Crippen molar-refractivity contribution in [3.8, 4) is 5.75 Å². The first-order chi connectivity index (χ1) is 10.1. The summed E-state index contributed by atoms with van der Waals surface area (Å²) in [5, 5.41) is 2.70. The number of thioether (sulfide) groups is 1. The highest BCUT2D eigenvalue weighted by Gasteiger charge is 2.16. The largest absolute Gasteiger partial charge is 0.495 e. The van der Waals surface area contributed by atoms with Crippen LogP contribution in [0.4, 0.5) is 5.69 Å². The van der Waals surface area contributed by atoms with Crippen molar-refractivity contribution in [1.82, 2.24) is 0 Å². The van der Waals surface area contributed by atoms with Crippen molar-refractivity contribution >= 4 is 39.3 Å². The van der Waals surface area contributed by atoms with E-state index in [-0.39, 0.29) is 11.2 Å². The average molecular weight is 366 g/mol. The molecule has 3 nitrogen and oxygen atoms in total. The topological polar surface area (TPSA) is 38.3 Å². The smallest absolute Gasteiger partial charge is 0.237 e. The number of amides is 1. The van der Waals surface area contributed by atoms with Gasteiger partial charge < -0.3 is 10.1 Å². The standard InChI is InChI=1S/C16H16BrNO2S/c1-11(21-13-9-7-12(17)8-10-13)16(19)18-14-5-3-4-6-15(14)20-2/h3-11H,1-2H3,(H,18,19)/t11-/m1/s1. The van der Waals surface area contributed by atoms with Crippen molar-refractivity contribution in [3.63, 3.8) is 0 Å². The second-order valence-corrected chi connectivity index (χ2v) is 6.73. The van der Waals surface area contributed by atoms with Crippen LogP contribution in [-0.2, 0) is 4.79 Å². The number of para-hydroxylation sites is 2. The molecule has 1 atom stereocenters. The molecule has 1 N–H and O–H groups in total. The molecular weight excluding hydrogens is 350 g/mol. The molecule has 21 heavy (non-hydrogen) atoms. The van der Waals surface area contributed by atoms with Gasteiger partial charge in [-0.2, -0.15) is 0 Å². The second kappa shape index (κ2) is 7.52. The maximum atomic E-state index is 12.3. The highest BCUT2D eigenvalue weighted by molar-refractivity contribution is 9.10. The van der Waals surface area contributed by atoms with Crippen molar-refractivity contribution in [2.45, 2.75) is 17.1 Å². The zero-order valence-electron chi connectivity index (χ0n) is 11.8. The first-order valence-electron chi connectivity index (χ1n) is 6.46. The van der Waals surface area contributed by atoms with E-state index in [0.29, 0.717) is 11.4 Å². The highest BCUT2D eigenvalue weighted by atomic mass is 79.9. The summed E-state index contributed by atoms with van der Waals surface area (Å²) >= 11 is 4.92. The van der Waals surface area contributed by atoms with E-state index in [1.165, 1.54) is 11.8 Å². The van der Waals surface area contributed by atoms with Crippen LogP contribution in [0.3, 0.4) is 0 Å². The molecule has 5 heteroatoms. The highest BCUT2D eigenvalue weighted by Crippen LogP contribution is 2.27. The van der Waals surface area contributed by atoms with Crippen LogP contribution in [-0.4, -0.2) is 18.3 Å². The number of methoxy groups -OCH3 is 1. The van der Waals surface area contributed by atoms with Gasteiger partial charge in [0.15, 0.2) is 0 Å². The summed E-state index contributed by atoms with van der Waals surface area (Å²) in [6.07, 6.45) is 0. The molecule has 110 valence electrons. The number of carbonyl (C=O) groups is 1. The van der Waals surface area contributed by atoms with Gasteiger partial charge in [-0.25, -0.2) is 0 Å². The van der Waals surface area contributed by atoms with Crippen molar-refractivity contribution in [2.75, 3.05) is 12.4 Å². The second-order valence-electron chi connectivity index (χ2n) is 4.40. The Kier molecular flexibility index (Phi) is 5.70. The van der Waals surface area contributed by atoms with Crippen molar-refractivity contribution in [1.29, 1.82) is 0 Å². The van der Waals surface area contributed by atoms with Gasteiger partial charge in [0.05, 0.1) is 18.0 Å². The molecule has 0 fully saturated rings. The summed E-state index contributed by atoms with van der Waals surface area (Å²) in [7, 11) is 1.59. The molecule has 0 saturated heterocycles. The number of anilines is 1. The molecule has 0 radical (unpaired) electrons. The normalized spacial score (nSPS) is 11.8. The number of ether oxygens (including phenoxy) is 1. The van der Waals surface area contributed by atoms with Gasteiger partial charge in [-0.3, -0.25) is 4.79 Å². The molecule has 1 amide bonds. The molecular formula is C16H16BrNO2S. The van der Waals surface area contributed by atoms with E-state index < -0.39 is 0 Å². The van der Waals surface area contributed by atoms with Crippen LogP contribution in [0.15, 0.2) is 57.9 Å². The molecule has 0 saturated carbocycles. The Morgan fingerprint density at radius 1 is 1.19 bits per heavy atom. The van der Waals surface area contributed by atoms with Crippen LogP contribution in [0, 0.1) is 0 Å². The van der Waals surface area contributed by atoms with Crippen molar-refractivity contribution < 1.29 is 9.53 Å². The predicted molar refractivity (Wildman–Crippen MR) is 91.1 cm³/mol. The zero-order chi connectivity index (χ0) is 15.2. The minimum absolute atomic E-state index is 0.0487. The molecule has 2 aromatic rings. The van der Waals surface area contributed by atoms with Crippen molar-refractivity contribution in [2.24, 2.45) is 0 Å². The molecule has 0 heterocycles. The monoisotopic (exact) mass is 365 g/mol. The summed E-state index contributed by atoms with van der Waals surface area (Å²) in [6, 6.07) is 15.3.